The number of nitrogens with one attached hydrogen (secondary N) is 3. The lowest BCUT2D eigenvalue weighted by molar-refractivity contribution is 0.350. The summed E-state index contributed by atoms with van der Waals surface area (Å²) >= 11 is 7.59. The zero-order chi connectivity index (χ0) is 18.3. The van der Waals surface area contributed by atoms with E-state index in [1.54, 1.807) is 6.20 Å². The van der Waals surface area contributed by atoms with Gasteiger partial charge in [0.25, 0.3) is 0 Å². The molecule has 3 N–H and O–H groups in total. The minimum Gasteiger partial charge on any atom is -0.351 e. The molecule has 6 nitrogen and oxygen atoms in total. The first-order valence-corrected chi connectivity index (χ1v) is 9.78. The van der Waals surface area contributed by atoms with Gasteiger partial charge in [-0.1, -0.05) is 23.7 Å². The lowest BCUT2D eigenvalue weighted by atomic mass is 10.0. The number of H-pyrrole nitrogens is 1. The van der Waals surface area contributed by atoms with Crippen LogP contribution in [0.5, 0.6) is 0 Å². The third-order valence-corrected chi connectivity index (χ3v) is 6.39. The average Bonchev–Trinajstić information content (AvgIpc) is 3.30. The molecular weight excluding hydrogens is 368 g/mol. The average molecular weight is 389 g/mol. The minimum atomic E-state index is 0.313. The molecule has 26 heavy (non-hydrogen) atoms. The molecule has 0 bridgehead atoms. The van der Waals surface area contributed by atoms with Gasteiger partial charge in [0.15, 0.2) is 5.17 Å². The second kappa shape index (κ2) is 7.06. The van der Waals surface area contributed by atoms with Gasteiger partial charge in [-0.05, 0) is 42.3 Å². The van der Waals surface area contributed by atoms with Crippen LogP contribution in [0.25, 0.3) is 11.1 Å². The zero-order valence-electron chi connectivity index (χ0n) is 14.5. The van der Waals surface area contributed by atoms with Crippen LogP contribution in [-0.2, 0) is 0 Å². The molecule has 2 saturated heterocycles. The third-order valence-electron chi connectivity index (χ3n) is 5.20. The van der Waals surface area contributed by atoms with Crippen molar-refractivity contribution in [1.82, 2.24) is 20.0 Å². The predicted octanol–water partition coefficient (Wildman–Crippen LogP) is 3.22. The first-order chi connectivity index (χ1) is 12.5. The molecule has 1 aromatic heterocycles. The van der Waals surface area contributed by atoms with Gasteiger partial charge in [0.1, 0.15) is 5.04 Å². The molecule has 0 unspecified atom stereocenters. The number of likely N-dealkylation sites (tertiary alicyclic amines) is 2. The number of hydrogen-bond donors (Lipinski definition) is 3. The topological polar surface area (TPSA) is 82.9 Å². The zero-order valence-corrected chi connectivity index (χ0v) is 16.1. The van der Waals surface area contributed by atoms with Gasteiger partial charge in [-0.25, -0.2) is 0 Å². The first-order valence-electron chi connectivity index (χ1n) is 8.59. The Balaban J connectivity index is 1.41. The van der Waals surface area contributed by atoms with Gasteiger partial charge in [0.05, 0.1) is 11.2 Å². The summed E-state index contributed by atoms with van der Waals surface area (Å²) in [5, 5.41) is 24.8. The second-order valence-electron chi connectivity index (χ2n) is 7.06. The Kier molecular flexibility index (Phi) is 4.77. The molecule has 4 rings (SSSR count). The maximum atomic E-state index is 8.40. The molecule has 1 aromatic carbocycles. The van der Waals surface area contributed by atoms with Crippen LogP contribution >= 0.6 is 23.4 Å². The minimum absolute atomic E-state index is 0.313. The Morgan fingerprint density at radius 3 is 2.54 bits per heavy atom. The molecule has 136 valence electrons. The van der Waals surface area contributed by atoms with E-state index in [0.29, 0.717) is 32.6 Å². The number of aromatic nitrogens is 2. The van der Waals surface area contributed by atoms with Gasteiger partial charge >= 0.3 is 0 Å². The SMILES string of the molecule is CN1C[C@@H]2CN(C(=N)SC(=N)c3ccc(-c4cn[nH]c4)cc3Cl)C[C@@H]2C1. The summed E-state index contributed by atoms with van der Waals surface area (Å²) in [5.74, 6) is 1.29. The fourth-order valence-electron chi connectivity index (χ4n) is 3.90. The molecule has 2 aromatic rings. The van der Waals surface area contributed by atoms with Gasteiger partial charge in [0.2, 0.25) is 0 Å². The van der Waals surface area contributed by atoms with E-state index in [2.05, 4.69) is 27.0 Å². The van der Waals surface area contributed by atoms with Crippen molar-refractivity contribution in [2.45, 2.75) is 0 Å². The highest BCUT2D eigenvalue weighted by atomic mass is 35.5. The van der Waals surface area contributed by atoms with Gasteiger partial charge in [-0.15, -0.1) is 0 Å². The van der Waals surface area contributed by atoms with Crippen molar-refractivity contribution in [3.63, 3.8) is 0 Å². The molecule has 3 heterocycles. The predicted molar refractivity (Wildman–Crippen MR) is 107 cm³/mol. The molecule has 2 aliphatic rings. The van der Waals surface area contributed by atoms with Crippen molar-refractivity contribution in [2.75, 3.05) is 33.2 Å². The number of halogens is 1. The van der Waals surface area contributed by atoms with E-state index in [-0.39, 0.29) is 0 Å². The van der Waals surface area contributed by atoms with E-state index in [1.165, 1.54) is 11.8 Å². The highest BCUT2D eigenvalue weighted by Crippen LogP contribution is 2.33. The maximum Gasteiger partial charge on any atom is 0.162 e. The number of aromatic amines is 1. The number of hydrogen-bond acceptors (Lipinski definition) is 5. The summed E-state index contributed by atoms with van der Waals surface area (Å²) in [5.41, 5.74) is 2.57. The molecule has 0 amide bonds. The Morgan fingerprint density at radius 1 is 1.19 bits per heavy atom. The van der Waals surface area contributed by atoms with Crippen LogP contribution in [-0.4, -0.2) is 63.4 Å². The van der Waals surface area contributed by atoms with E-state index in [9.17, 15) is 0 Å². The van der Waals surface area contributed by atoms with Crippen LogP contribution < -0.4 is 0 Å². The Labute approximate surface area is 161 Å². The summed E-state index contributed by atoms with van der Waals surface area (Å²) in [6, 6.07) is 5.62. The fraction of sp³-hybridized carbons (Fsp3) is 0.389. The lowest BCUT2D eigenvalue weighted by Gasteiger charge is -2.21. The van der Waals surface area contributed by atoms with Crippen LogP contribution in [0.15, 0.2) is 30.6 Å². The smallest absolute Gasteiger partial charge is 0.162 e. The van der Waals surface area contributed by atoms with Crippen LogP contribution in [0.2, 0.25) is 5.02 Å². The molecular formula is C18H21ClN6S. The highest BCUT2D eigenvalue weighted by molar-refractivity contribution is 8.26. The molecule has 2 aliphatic heterocycles. The fourth-order valence-corrected chi connectivity index (χ4v) is 4.99. The molecule has 2 atom stereocenters. The third kappa shape index (κ3) is 3.39. The van der Waals surface area contributed by atoms with E-state index >= 15 is 0 Å². The standard InChI is InChI=1S/C18H21ClN6S/c1-24-7-13-9-25(10-14(13)8-24)18(21)26-17(20)15-3-2-11(4-16(15)19)12-5-22-23-6-12/h2-6,13-14,20-21H,7-10H2,1H3,(H,22,23)/t13-,14+. The Hall–Kier alpha value is -1.83. The van der Waals surface area contributed by atoms with Gasteiger partial charge in [-0.3, -0.25) is 15.9 Å². The van der Waals surface area contributed by atoms with E-state index in [4.69, 9.17) is 22.4 Å². The van der Waals surface area contributed by atoms with Crippen molar-refractivity contribution in [1.29, 1.82) is 10.8 Å². The molecule has 8 heteroatoms. The van der Waals surface area contributed by atoms with Gasteiger partial charge in [-0.2, -0.15) is 5.10 Å². The molecule has 0 aliphatic carbocycles. The Morgan fingerprint density at radius 2 is 1.92 bits per heavy atom. The van der Waals surface area contributed by atoms with E-state index in [0.717, 1.165) is 37.3 Å². The van der Waals surface area contributed by atoms with Crippen molar-refractivity contribution in [3.8, 4) is 11.1 Å². The number of benzene rings is 1. The summed E-state index contributed by atoms with van der Waals surface area (Å²) in [7, 11) is 2.16. The summed E-state index contributed by atoms with van der Waals surface area (Å²) in [6.45, 7) is 4.05. The largest absolute Gasteiger partial charge is 0.351 e. The molecule has 0 saturated carbocycles. The van der Waals surface area contributed by atoms with Crippen molar-refractivity contribution >= 4 is 33.6 Å². The number of thioether (sulfide) groups is 1. The number of rotatable bonds is 2. The number of amidine groups is 1. The van der Waals surface area contributed by atoms with Crippen LogP contribution in [0, 0.1) is 22.7 Å². The van der Waals surface area contributed by atoms with Gasteiger partial charge in [0, 0.05) is 43.5 Å². The van der Waals surface area contributed by atoms with Crippen LogP contribution in [0.3, 0.4) is 0 Å². The maximum absolute atomic E-state index is 8.40. The monoisotopic (exact) mass is 388 g/mol. The van der Waals surface area contributed by atoms with Crippen molar-refractivity contribution < 1.29 is 0 Å². The lowest BCUT2D eigenvalue weighted by Crippen LogP contribution is -2.30. The summed E-state index contributed by atoms with van der Waals surface area (Å²) in [6.07, 6.45) is 3.55. The number of fused-ring (bicyclic) bond motifs is 1. The summed E-state index contributed by atoms with van der Waals surface area (Å²) < 4.78 is 0. The molecule has 2 fully saturated rings. The van der Waals surface area contributed by atoms with E-state index in [1.807, 2.05) is 24.4 Å². The quantitative estimate of drug-likeness (QED) is 0.545. The molecule has 0 spiro atoms. The van der Waals surface area contributed by atoms with Crippen molar-refractivity contribution in [2.24, 2.45) is 11.8 Å². The normalized spacial score (nSPS) is 22.6. The highest BCUT2D eigenvalue weighted by Gasteiger charge is 2.39. The van der Waals surface area contributed by atoms with Gasteiger partial charge < -0.3 is 9.80 Å². The Bertz CT molecular complexity index is 822. The van der Waals surface area contributed by atoms with Crippen molar-refractivity contribution in [3.05, 3.63) is 41.2 Å². The molecule has 0 radical (unpaired) electrons. The van der Waals surface area contributed by atoms with Crippen LogP contribution in [0.1, 0.15) is 5.56 Å². The van der Waals surface area contributed by atoms with Crippen LogP contribution in [0.4, 0.5) is 0 Å². The first kappa shape index (κ1) is 17.6. The second-order valence-corrected chi connectivity index (χ2v) is 8.47. The van der Waals surface area contributed by atoms with E-state index < -0.39 is 0 Å². The number of nitrogens with zero attached hydrogens (tertiary/aromatic N) is 3. The summed E-state index contributed by atoms with van der Waals surface area (Å²) in [4.78, 5) is 4.47.